The lowest BCUT2D eigenvalue weighted by molar-refractivity contribution is 0.337. The van der Waals surface area contributed by atoms with Gasteiger partial charge in [-0.2, -0.15) is 0 Å². The Bertz CT molecular complexity index is 236. The van der Waals surface area contributed by atoms with Gasteiger partial charge >= 0.3 is 0 Å². The van der Waals surface area contributed by atoms with Crippen LogP contribution >= 0.6 is 11.3 Å². The van der Waals surface area contributed by atoms with Crippen molar-refractivity contribution in [2.24, 2.45) is 11.1 Å². The molecule has 0 spiro atoms. The maximum atomic E-state index is 6.02. The van der Waals surface area contributed by atoms with E-state index < -0.39 is 0 Å². The van der Waals surface area contributed by atoms with Crippen LogP contribution in [-0.4, -0.2) is 11.0 Å². The van der Waals surface area contributed by atoms with Crippen LogP contribution in [-0.2, 0) is 6.42 Å². The molecule has 0 unspecified atom stereocenters. The number of rotatable bonds is 3. The number of nitrogens with two attached hydrogens (primary N) is 1. The van der Waals surface area contributed by atoms with Gasteiger partial charge in [-0.15, -0.1) is 11.3 Å². The summed E-state index contributed by atoms with van der Waals surface area (Å²) in [7, 11) is 0. The first kappa shape index (κ1) is 10.7. The topological polar surface area (TPSA) is 38.9 Å². The van der Waals surface area contributed by atoms with Gasteiger partial charge in [-0.25, -0.2) is 4.98 Å². The van der Waals surface area contributed by atoms with Gasteiger partial charge in [-0.1, -0.05) is 20.8 Å². The molecule has 1 aromatic heterocycles. The summed E-state index contributed by atoms with van der Waals surface area (Å²) in [6, 6.07) is 0.238. The highest BCUT2D eigenvalue weighted by atomic mass is 32.1. The van der Waals surface area contributed by atoms with Crippen LogP contribution in [0.2, 0.25) is 0 Å². The molecule has 13 heavy (non-hydrogen) atoms. The molecule has 1 aromatic rings. The van der Waals surface area contributed by atoms with E-state index in [1.54, 1.807) is 11.3 Å². The van der Waals surface area contributed by atoms with E-state index in [0.717, 1.165) is 18.5 Å². The van der Waals surface area contributed by atoms with Crippen molar-refractivity contribution in [3.05, 3.63) is 16.6 Å². The normalized spacial score (nSPS) is 14.5. The molecule has 2 N–H and O–H groups in total. The van der Waals surface area contributed by atoms with Crippen molar-refractivity contribution in [3.8, 4) is 0 Å². The van der Waals surface area contributed by atoms with Crippen LogP contribution < -0.4 is 5.73 Å². The molecule has 0 fully saturated rings. The van der Waals surface area contributed by atoms with E-state index in [-0.39, 0.29) is 6.04 Å². The van der Waals surface area contributed by atoms with Gasteiger partial charge in [0.15, 0.2) is 0 Å². The number of aromatic nitrogens is 1. The average molecular weight is 198 g/mol. The van der Waals surface area contributed by atoms with Gasteiger partial charge in [0.25, 0.3) is 0 Å². The highest BCUT2D eigenvalue weighted by Gasteiger charge is 2.16. The second kappa shape index (κ2) is 4.20. The summed E-state index contributed by atoms with van der Waals surface area (Å²) >= 11 is 1.63. The van der Waals surface area contributed by atoms with E-state index in [9.17, 15) is 0 Å². The third-order valence-electron chi connectivity index (χ3n) is 1.83. The number of thiazole rings is 1. The zero-order valence-corrected chi connectivity index (χ0v) is 9.40. The lowest BCUT2D eigenvalue weighted by Crippen LogP contribution is -2.28. The molecular weight excluding hydrogens is 180 g/mol. The van der Waals surface area contributed by atoms with Crippen LogP contribution in [0, 0.1) is 5.41 Å². The summed E-state index contributed by atoms with van der Waals surface area (Å²) in [5.74, 6) is 0. The maximum absolute atomic E-state index is 6.02. The van der Waals surface area contributed by atoms with Crippen LogP contribution in [0.15, 0.2) is 10.9 Å². The molecule has 0 saturated carbocycles. The minimum atomic E-state index is 0.238. The van der Waals surface area contributed by atoms with E-state index in [1.165, 1.54) is 0 Å². The second-order valence-electron chi connectivity index (χ2n) is 4.71. The third-order valence-corrected chi connectivity index (χ3v) is 2.46. The van der Waals surface area contributed by atoms with Crippen LogP contribution in [0.1, 0.15) is 32.9 Å². The molecule has 0 aromatic carbocycles. The van der Waals surface area contributed by atoms with Crippen molar-refractivity contribution < 1.29 is 0 Å². The van der Waals surface area contributed by atoms with Crippen LogP contribution in [0.5, 0.6) is 0 Å². The molecule has 0 saturated heterocycles. The number of hydrogen-bond acceptors (Lipinski definition) is 3. The Morgan fingerprint density at radius 2 is 2.23 bits per heavy atom. The standard InChI is InChI=1S/C10H18N2S/c1-10(2,3)5-8(11)4-9-6-13-7-12-9/h6-8H,4-5,11H2,1-3H3/t8-/m0/s1. The van der Waals surface area contributed by atoms with Gasteiger partial charge < -0.3 is 5.73 Å². The van der Waals surface area contributed by atoms with Gasteiger partial charge in [-0.05, 0) is 11.8 Å². The first-order valence-electron chi connectivity index (χ1n) is 4.60. The zero-order chi connectivity index (χ0) is 9.90. The summed E-state index contributed by atoms with van der Waals surface area (Å²) in [4.78, 5) is 4.22. The molecular formula is C10H18N2S. The monoisotopic (exact) mass is 198 g/mol. The van der Waals surface area contributed by atoms with E-state index >= 15 is 0 Å². The largest absolute Gasteiger partial charge is 0.327 e. The number of hydrogen-bond donors (Lipinski definition) is 1. The van der Waals surface area contributed by atoms with Gasteiger partial charge in [0.2, 0.25) is 0 Å². The maximum Gasteiger partial charge on any atom is 0.0794 e. The number of nitrogens with zero attached hydrogens (tertiary/aromatic N) is 1. The molecule has 1 heterocycles. The lowest BCUT2D eigenvalue weighted by Gasteiger charge is -2.22. The minimum absolute atomic E-state index is 0.238. The second-order valence-corrected chi connectivity index (χ2v) is 5.43. The summed E-state index contributed by atoms with van der Waals surface area (Å²) in [5, 5.41) is 2.07. The van der Waals surface area contributed by atoms with Crippen molar-refractivity contribution >= 4 is 11.3 Å². The fourth-order valence-electron chi connectivity index (χ4n) is 1.47. The van der Waals surface area contributed by atoms with Crippen molar-refractivity contribution in [3.63, 3.8) is 0 Å². The van der Waals surface area contributed by atoms with Gasteiger partial charge in [0.1, 0.15) is 0 Å². The molecule has 0 aliphatic heterocycles. The summed E-state index contributed by atoms with van der Waals surface area (Å²) in [6.45, 7) is 6.65. The Balaban J connectivity index is 2.38. The molecule has 1 atom stereocenters. The van der Waals surface area contributed by atoms with Crippen molar-refractivity contribution in [1.82, 2.24) is 4.98 Å². The molecule has 0 amide bonds. The Kier molecular flexibility index (Phi) is 3.45. The van der Waals surface area contributed by atoms with E-state index in [2.05, 4.69) is 31.1 Å². The fraction of sp³-hybridized carbons (Fsp3) is 0.700. The predicted octanol–water partition coefficient (Wildman–Crippen LogP) is 2.45. The predicted molar refractivity (Wildman–Crippen MR) is 57.9 cm³/mol. The SMILES string of the molecule is CC(C)(C)C[C@@H](N)Cc1cscn1. The van der Waals surface area contributed by atoms with E-state index in [4.69, 9.17) is 5.73 Å². The third kappa shape index (κ3) is 4.39. The average Bonchev–Trinajstić information content (AvgIpc) is 2.34. The minimum Gasteiger partial charge on any atom is -0.327 e. The van der Waals surface area contributed by atoms with Gasteiger partial charge in [0.05, 0.1) is 11.2 Å². The van der Waals surface area contributed by atoms with E-state index in [0.29, 0.717) is 5.41 Å². The molecule has 74 valence electrons. The van der Waals surface area contributed by atoms with Crippen molar-refractivity contribution in [2.45, 2.75) is 39.7 Å². The molecule has 3 heteroatoms. The summed E-state index contributed by atoms with van der Waals surface area (Å²) in [5.41, 5.74) is 9.32. The molecule has 0 bridgehead atoms. The Hall–Kier alpha value is -0.410. The first-order chi connectivity index (χ1) is 5.97. The van der Waals surface area contributed by atoms with Crippen molar-refractivity contribution in [2.75, 3.05) is 0 Å². The zero-order valence-electron chi connectivity index (χ0n) is 8.58. The van der Waals surface area contributed by atoms with Crippen molar-refractivity contribution in [1.29, 1.82) is 0 Å². The fourth-order valence-corrected chi connectivity index (χ4v) is 2.04. The smallest absolute Gasteiger partial charge is 0.0794 e. The van der Waals surface area contributed by atoms with E-state index in [1.807, 2.05) is 5.51 Å². The molecule has 1 rings (SSSR count). The Morgan fingerprint density at radius 1 is 1.54 bits per heavy atom. The first-order valence-corrected chi connectivity index (χ1v) is 5.54. The highest BCUT2D eigenvalue weighted by Crippen LogP contribution is 2.21. The Labute approximate surface area is 84.2 Å². The van der Waals surface area contributed by atoms with Crippen LogP contribution in [0.3, 0.4) is 0 Å². The molecule has 0 radical (unpaired) electrons. The Morgan fingerprint density at radius 3 is 2.69 bits per heavy atom. The lowest BCUT2D eigenvalue weighted by atomic mass is 9.87. The molecule has 0 aliphatic rings. The summed E-state index contributed by atoms with van der Waals surface area (Å²) in [6.07, 6.45) is 1.95. The summed E-state index contributed by atoms with van der Waals surface area (Å²) < 4.78 is 0. The van der Waals surface area contributed by atoms with Gasteiger partial charge in [-0.3, -0.25) is 0 Å². The molecule has 0 aliphatic carbocycles. The highest BCUT2D eigenvalue weighted by molar-refractivity contribution is 7.07. The quantitative estimate of drug-likeness (QED) is 0.810. The molecule has 2 nitrogen and oxygen atoms in total. The van der Waals surface area contributed by atoms with Crippen LogP contribution in [0.25, 0.3) is 0 Å². The van der Waals surface area contributed by atoms with Gasteiger partial charge in [0, 0.05) is 17.8 Å². The van der Waals surface area contributed by atoms with Crippen LogP contribution in [0.4, 0.5) is 0 Å².